The molecule has 0 fully saturated rings. The number of carboxylic acids is 1. The van der Waals surface area contributed by atoms with Gasteiger partial charge in [-0.15, -0.1) is 0 Å². The molecule has 0 spiro atoms. The maximum Gasteiger partial charge on any atom is 0.340 e. The minimum Gasteiger partial charge on any atom is -0.478 e. The summed E-state index contributed by atoms with van der Waals surface area (Å²) in [6, 6.07) is 0. The van der Waals surface area contributed by atoms with Crippen LogP contribution >= 0.6 is 0 Å². The van der Waals surface area contributed by atoms with E-state index in [1.807, 2.05) is 0 Å². The number of likely N-dealkylation sites (N-methyl/N-ethyl adjacent to an activating group) is 1. The summed E-state index contributed by atoms with van der Waals surface area (Å²) in [6.07, 6.45) is 0. The Balaban J connectivity index is 3.33. The average Bonchev–Trinajstić information content (AvgIpc) is 2.61. The smallest absolute Gasteiger partial charge is 0.340 e. The predicted octanol–water partition coefficient (Wildman–Crippen LogP) is 0.862. The SMILES string of the molecule is COCCN(C)S(=O)(=O)c1c(C)oc(C)c1C(=O)O. The Morgan fingerprint density at radius 3 is 2.42 bits per heavy atom. The summed E-state index contributed by atoms with van der Waals surface area (Å²) in [6.45, 7) is 3.19. The molecule has 1 aromatic rings. The summed E-state index contributed by atoms with van der Waals surface area (Å²) in [5.74, 6) is -1.18. The van der Waals surface area contributed by atoms with Gasteiger partial charge in [0.05, 0.1) is 6.61 Å². The topological polar surface area (TPSA) is 97.0 Å². The number of aromatic carboxylic acids is 1. The van der Waals surface area contributed by atoms with E-state index in [1.165, 1.54) is 28.0 Å². The van der Waals surface area contributed by atoms with Gasteiger partial charge in [-0.3, -0.25) is 0 Å². The molecule has 108 valence electrons. The molecule has 0 radical (unpaired) electrons. The zero-order valence-corrected chi connectivity index (χ0v) is 12.1. The summed E-state index contributed by atoms with van der Waals surface area (Å²) in [5.41, 5.74) is -0.318. The van der Waals surface area contributed by atoms with Gasteiger partial charge < -0.3 is 14.3 Å². The molecule has 0 aliphatic carbocycles. The molecule has 1 aromatic heterocycles. The third-order valence-electron chi connectivity index (χ3n) is 2.70. The van der Waals surface area contributed by atoms with Crippen LogP contribution in [0.3, 0.4) is 0 Å². The van der Waals surface area contributed by atoms with Crippen LogP contribution in [0.5, 0.6) is 0 Å². The molecular formula is C11H17NO6S. The number of ether oxygens (including phenoxy) is 1. The largest absolute Gasteiger partial charge is 0.478 e. The van der Waals surface area contributed by atoms with Gasteiger partial charge in [-0.1, -0.05) is 0 Å². The lowest BCUT2D eigenvalue weighted by Gasteiger charge is -2.16. The van der Waals surface area contributed by atoms with E-state index in [0.29, 0.717) is 0 Å². The van der Waals surface area contributed by atoms with Crippen molar-refractivity contribution in [3.63, 3.8) is 0 Å². The highest BCUT2D eigenvalue weighted by Gasteiger charge is 2.33. The molecule has 0 aliphatic rings. The maximum atomic E-state index is 12.3. The highest BCUT2D eigenvalue weighted by Crippen LogP contribution is 2.28. The predicted molar refractivity (Wildman–Crippen MR) is 66.8 cm³/mol. The Labute approximate surface area is 111 Å². The Hall–Kier alpha value is -1.38. The van der Waals surface area contributed by atoms with E-state index in [4.69, 9.17) is 14.3 Å². The quantitative estimate of drug-likeness (QED) is 0.835. The first-order valence-electron chi connectivity index (χ1n) is 5.52. The molecule has 0 saturated heterocycles. The van der Waals surface area contributed by atoms with Gasteiger partial charge in [-0.2, -0.15) is 4.31 Å². The third-order valence-corrected chi connectivity index (χ3v) is 4.71. The van der Waals surface area contributed by atoms with Gasteiger partial charge in [0.1, 0.15) is 22.0 Å². The molecule has 0 bridgehead atoms. The van der Waals surface area contributed by atoms with Crippen molar-refractivity contribution >= 4 is 16.0 Å². The molecular weight excluding hydrogens is 274 g/mol. The molecule has 7 nitrogen and oxygen atoms in total. The van der Waals surface area contributed by atoms with E-state index in [9.17, 15) is 13.2 Å². The van der Waals surface area contributed by atoms with E-state index in [0.717, 1.165) is 4.31 Å². The molecule has 0 saturated carbocycles. The van der Waals surface area contributed by atoms with Crippen LogP contribution in [0.2, 0.25) is 0 Å². The number of rotatable bonds is 6. The van der Waals surface area contributed by atoms with Crippen molar-refractivity contribution in [3.8, 4) is 0 Å². The van der Waals surface area contributed by atoms with E-state index in [-0.39, 0.29) is 35.1 Å². The Morgan fingerprint density at radius 2 is 1.95 bits per heavy atom. The second-order valence-electron chi connectivity index (χ2n) is 4.04. The number of hydrogen-bond acceptors (Lipinski definition) is 5. The van der Waals surface area contributed by atoms with Gasteiger partial charge in [0.25, 0.3) is 0 Å². The van der Waals surface area contributed by atoms with Crippen molar-refractivity contribution in [1.82, 2.24) is 4.31 Å². The number of aryl methyl sites for hydroxylation is 2. The standard InChI is InChI=1S/C11H17NO6S/c1-7-9(11(13)14)10(8(2)18-7)19(15,16)12(3)5-6-17-4/h5-6H2,1-4H3,(H,13,14). The number of carboxylic acid groups (broad SMARTS) is 1. The lowest BCUT2D eigenvalue weighted by molar-refractivity contribution is 0.0691. The molecule has 0 amide bonds. The fourth-order valence-corrected chi connectivity index (χ4v) is 3.24. The molecule has 0 atom stereocenters. The van der Waals surface area contributed by atoms with E-state index >= 15 is 0 Å². The Morgan fingerprint density at radius 1 is 1.37 bits per heavy atom. The highest BCUT2D eigenvalue weighted by molar-refractivity contribution is 7.89. The molecule has 19 heavy (non-hydrogen) atoms. The average molecular weight is 291 g/mol. The van der Waals surface area contributed by atoms with Crippen LogP contribution in [-0.4, -0.2) is 51.1 Å². The van der Waals surface area contributed by atoms with E-state index in [1.54, 1.807) is 0 Å². The number of sulfonamides is 1. The van der Waals surface area contributed by atoms with Gasteiger partial charge in [0, 0.05) is 20.7 Å². The second kappa shape index (κ2) is 5.72. The van der Waals surface area contributed by atoms with Crippen LogP contribution in [0.4, 0.5) is 0 Å². The van der Waals surface area contributed by atoms with Crippen molar-refractivity contribution in [2.45, 2.75) is 18.7 Å². The van der Waals surface area contributed by atoms with E-state index in [2.05, 4.69) is 0 Å². The first kappa shape index (κ1) is 15.7. The minimum atomic E-state index is -3.92. The number of furan rings is 1. The molecule has 8 heteroatoms. The molecule has 1 N–H and O–H groups in total. The Kier molecular flexibility index (Phi) is 4.72. The van der Waals surface area contributed by atoms with E-state index < -0.39 is 16.0 Å². The lowest BCUT2D eigenvalue weighted by Crippen LogP contribution is -2.31. The fraction of sp³-hybridized carbons (Fsp3) is 0.545. The highest BCUT2D eigenvalue weighted by atomic mass is 32.2. The normalized spacial score (nSPS) is 12.1. The first-order chi connectivity index (χ1) is 8.73. The first-order valence-corrected chi connectivity index (χ1v) is 6.96. The van der Waals surface area contributed by atoms with Gasteiger partial charge in [0.2, 0.25) is 10.0 Å². The number of methoxy groups -OCH3 is 1. The van der Waals surface area contributed by atoms with Gasteiger partial charge in [-0.25, -0.2) is 13.2 Å². The summed E-state index contributed by atoms with van der Waals surface area (Å²) >= 11 is 0. The minimum absolute atomic E-state index is 0.0687. The lowest BCUT2D eigenvalue weighted by atomic mass is 10.2. The molecule has 0 unspecified atom stereocenters. The monoisotopic (exact) mass is 291 g/mol. The molecule has 1 rings (SSSR count). The zero-order valence-electron chi connectivity index (χ0n) is 11.3. The van der Waals surface area contributed by atoms with Gasteiger partial charge in [-0.05, 0) is 13.8 Å². The molecule has 0 aliphatic heterocycles. The van der Waals surface area contributed by atoms with Gasteiger partial charge >= 0.3 is 5.97 Å². The maximum absolute atomic E-state index is 12.3. The summed E-state index contributed by atoms with van der Waals surface area (Å²) in [7, 11) is -1.10. The fourth-order valence-electron chi connectivity index (χ4n) is 1.72. The van der Waals surface area contributed by atoms with Crippen molar-refractivity contribution in [1.29, 1.82) is 0 Å². The number of carbonyl (C=O) groups is 1. The Bertz CT molecular complexity index is 574. The van der Waals surface area contributed by atoms with Crippen LogP contribution in [-0.2, 0) is 14.8 Å². The second-order valence-corrected chi connectivity index (χ2v) is 6.02. The van der Waals surface area contributed by atoms with Crippen molar-refractivity contribution in [2.75, 3.05) is 27.3 Å². The van der Waals surface area contributed by atoms with Crippen LogP contribution < -0.4 is 0 Å². The summed E-state index contributed by atoms with van der Waals surface area (Å²) < 4.78 is 35.7. The van der Waals surface area contributed by atoms with Crippen LogP contribution in [0.15, 0.2) is 9.31 Å². The number of nitrogens with zero attached hydrogens (tertiary/aromatic N) is 1. The van der Waals surface area contributed by atoms with Crippen LogP contribution in [0.25, 0.3) is 0 Å². The van der Waals surface area contributed by atoms with Crippen molar-refractivity contribution in [2.24, 2.45) is 0 Å². The zero-order chi connectivity index (χ0) is 14.8. The van der Waals surface area contributed by atoms with Crippen LogP contribution in [0.1, 0.15) is 21.9 Å². The van der Waals surface area contributed by atoms with Crippen molar-refractivity contribution in [3.05, 3.63) is 17.1 Å². The van der Waals surface area contributed by atoms with Gasteiger partial charge in [0.15, 0.2) is 0 Å². The van der Waals surface area contributed by atoms with Crippen LogP contribution in [0, 0.1) is 13.8 Å². The summed E-state index contributed by atoms with van der Waals surface area (Å²) in [5, 5.41) is 9.11. The van der Waals surface area contributed by atoms with Crippen molar-refractivity contribution < 1.29 is 27.5 Å². The number of hydrogen-bond donors (Lipinski definition) is 1. The molecule has 1 heterocycles. The summed E-state index contributed by atoms with van der Waals surface area (Å²) in [4.78, 5) is 10.9. The third kappa shape index (κ3) is 2.96. The molecule has 0 aromatic carbocycles.